The molecule has 0 saturated carbocycles. The number of aliphatic carboxylic acids is 1. The molecular weight excluding hydrogens is 312 g/mol. The molecule has 7 nitrogen and oxygen atoms in total. The SMILES string of the molecule is CC(=O)N1CCC(CC(=O)O)(NC(=O)OCc2ccccc2)CC1. The number of rotatable bonds is 5. The fraction of sp³-hybridized carbons (Fsp3) is 0.471. The first kappa shape index (κ1) is 17.8. The second-order valence-corrected chi connectivity index (χ2v) is 6.04. The van der Waals surface area contributed by atoms with Crippen molar-refractivity contribution in [2.75, 3.05) is 13.1 Å². The Kier molecular flexibility index (Phi) is 5.78. The first-order valence-electron chi connectivity index (χ1n) is 7.86. The number of carboxylic acids is 1. The highest BCUT2D eigenvalue weighted by Crippen LogP contribution is 2.26. The molecule has 0 bridgehead atoms. The van der Waals surface area contributed by atoms with Gasteiger partial charge in [0.1, 0.15) is 6.61 Å². The number of carbonyl (C=O) groups excluding carboxylic acids is 2. The molecule has 2 amide bonds. The third kappa shape index (κ3) is 4.97. The zero-order valence-corrected chi connectivity index (χ0v) is 13.7. The average Bonchev–Trinajstić information content (AvgIpc) is 2.53. The monoisotopic (exact) mass is 334 g/mol. The van der Waals surface area contributed by atoms with E-state index in [-0.39, 0.29) is 18.9 Å². The summed E-state index contributed by atoms with van der Waals surface area (Å²) in [5.41, 5.74) is -0.0303. The molecule has 24 heavy (non-hydrogen) atoms. The van der Waals surface area contributed by atoms with Crippen LogP contribution < -0.4 is 5.32 Å². The molecule has 1 fully saturated rings. The molecule has 130 valence electrons. The van der Waals surface area contributed by atoms with Gasteiger partial charge in [-0.2, -0.15) is 0 Å². The van der Waals surface area contributed by atoms with Crippen LogP contribution in [0, 0.1) is 0 Å². The van der Waals surface area contributed by atoms with E-state index < -0.39 is 17.6 Å². The fourth-order valence-corrected chi connectivity index (χ4v) is 2.86. The van der Waals surface area contributed by atoms with E-state index in [1.165, 1.54) is 6.92 Å². The molecule has 2 rings (SSSR count). The van der Waals surface area contributed by atoms with Crippen LogP contribution in [0.2, 0.25) is 0 Å². The predicted octanol–water partition coefficient (Wildman–Crippen LogP) is 1.77. The van der Waals surface area contributed by atoms with Gasteiger partial charge in [-0.25, -0.2) is 4.79 Å². The number of carboxylic acid groups (broad SMARTS) is 1. The van der Waals surface area contributed by atoms with E-state index >= 15 is 0 Å². The highest BCUT2D eigenvalue weighted by Gasteiger charge is 2.39. The maximum Gasteiger partial charge on any atom is 0.407 e. The highest BCUT2D eigenvalue weighted by molar-refractivity contribution is 5.74. The highest BCUT2D eigenvalue weighted by atomic mass is 16.5. The number of alkyl carbamates (subject to hydrolysis) is 1. The molecule has 1 saturated heterocycles. The summed E-state index contributed by atoms with van der Waals surface area (Å²) in [5.74, 6) is -1.04. The number of ether oxygens (including phenoxy) is 1. The van der Waals surface area contributed by atoms with Crippen LogP contribution in [0.25, 0.3) is 0 Å². The standard InChI is InChI=1S/C17H22N2O5/c1-13(20)19-9-7-17(8-10-19,11-15(21)22)18-16(23)24-12-14-5-3-2-4-6-14/h2-6H,7-12H2,1H3,(H,18,23)(H,21,22). The van der Waals surface area contributed by atoms with Crippen LogP contribution >= 0.6 is 0 Å². The molecule has 2 N–H and O–H groups in total. The van der Waals surface area contributed by atoms with E-state index in [2.05, 4.69) is 5.32 Å². The molecule has 1 aromatic carbocycles. The summed E-state index contributed by atoms with van der Waals surface area (Å²) in [7, 11) is 0. The summed E-state index contributed by atoms with van der Waals surface area (Å²) in [4.78, 5) is 36.3. The number of piperidine rings is 1. The molecule has 0 aromatic heterocycles. The Morgan fingerprint density at radius 3 is 2.38 bits per heavy atom. The minimum absolute atomic E-state index is 0.0504. The van der Waals surface area contributed by atoms with Gasteiger partial charge in [-0.1, -0.05) is 30.3 Å². The second kappa shape index (κ2) is 7.81. The Labute approximate surface area is 140 Å². The summed E-state index contributed by atoms with van der Waals surface area (Å²) < 4.78 is 5.19. The van der Waals surface area contributed by atoms with Gasteiger partial charge in [0.2, 0.25) is 5.91 Å². The first-order chi connectivity index (χ1) is 11.4. The van der Waals surface area contributed by atoms with Gasteiger partial charge in [0, 0.05) is 20.0 Å². The molecule has 0 aliphatic carbocycles. The minimum Gasteiger partial charge on any atom is -0.481 e. The second-order valence-electron chi connectivity index (χ2n) is 6.04. The van der Waals surface area contributed by atoms with Crippen molar-refractivity contribution >= 4 is 18.0 Å². The third-order valence-corrected chi connectivity index (χ3v) is 4.24. The summed E-state index contributed by atoms with van der Waals surface area (Å²) in [5, 5.41) is 11.9. The van der Waals surface area contributed by atoms with Gasteiger partial charge in [-0.3, -0.25) is 9.59 Å². The van der Waals surface area contributed by atoms with Crippen molar-refractivity contribution in [1.82, 2.24) is 10.2 Å². The van der Waals surface area contributed by atoms with Crippen LogP contribution in [0.1, 0.15) is 31.7 Å². The predicted molar refractivity (Wildman–Crippen MR) is 86.2 cm³/mol. The Balaban J connectivity index is 1.94. The summed E-state index contributed by atoms with van der Waals surface area (Å²) in [6.45, 7) is 2.43. The smallest absolute Gasteiger partial charge is 0.407 e. The lowest BCUT2D eigenvalue weighted by Crippen LogP contribution is -2.57. The molecular formula is C17H22N2O5. The number of likely N-dealkylation sites (tertiary alicyclic amines) is 1. The lowest BCUT2D eigenvalue weighted by Gasteiger charge is -2.40. The molecule has 0 atom stereocenters. The molecule has 0 spiro atoms. The number of nitrogens with zero attached hydrogens (tertiary/aromatic N) is 1. The van der Waals surface area contributed by atoms with Crippen LogP contribution in [0.15, 0.2) is 30.3 Å². The van der Waals surface area contributed by atoms with E-state index in [0.717, 1.165) is 5.56 Å². The van der Waals surface area contributed by atoms with Crippen molar-refractivity contribution in [2.24, 2.45) is 0 Å². The fourth-order valence-electron chi connectivity index (χ4n) is 2.86. The Morgan fingerprint density at radius 1 is 1.21 bits per heavy atom. The quantitative estimate of drug-likeness (QED) is 0.855. The van der Waals surface area contributed by atoms with E-state index in [1.54, 1.807) is 4.90 Å². The maximum absolute atomic E-state index is 12.1. The lowest BCUT2D eigenvalue weighted by molar-refractivity contribution is -0.139. The molecule has 1 heterocycles. The maximum atomic E-state index is 12.1. The van der Waals surface area contributed by atoms with E-state index in [4.69, 9.17) is 9.84 Å². The Morgan fingerprint density at radius 2 is 1.83 bits per heavy atom. The van der Waals surface area contributed by atoms with E-state index in [0.29, 0.717) is 25.9 Å². The molecule has 0 radical (unpaired) electrons. The Bertz CT molecular complexity index is 594. The summed E-state index contributed by atoms with van der Waals surface area (Å²) in [6, 6.07) is 9.24. The zero-order chi connectivity index (χ0) is 17.6. The number of nitrogens with one attached hydrogen (secondary N) is 1. The van der Waals surface area contributed by atoms with Gasteiger partial charge in [0.25, 0.3) is 0 Å². The summed E-state index contributed by atoms with van der Waals surface area (Å²) in [6.07, 6.45) is -0.0611. The average molecular weight is 334 g/mol. The first-order valence-corrected chi connectivity index (χ1v) is 7.86. The Hall–Kier alpha value is -2.57. The van der Waals surface area contributed by atoms with Crippen molar-refractivity contribution < 1.29 is 24.2 Å². The van der Waals surface area contributed by atoms with Gasteiger partial charge >= 0.3 is 12.1 Å². The van der Waals surface area contributed by atoms with Crippen molar-refractivity contribution in [2.45, 2.75) is 38.3 Å². The van der Waals surface area contributed by atoms with Crippen LogP contribution in [-0.4, -0.2) is 46.6 Å². The van der Waals surface area contributed by atoms with Gasteiger partial charge in [-0.15, -0.1) is 0 Å². The van der Waals surface area contributed by atoms with Crippen molar-refractivity contribution in [3.05, 3.63) is 35.9 Å². The van der Waals surface area contributed by atoms with Crippen LogP contribution in [0.5, 0.6) is 0 Å². The zero-order valence-electron chi connectivity index (χ0n) is 13.7. The van der Waals surface area contributed by atoms with E-state index in [9.17, 15) is 14.4 Å². The number of hydrogen-bond donors (Lipinski definition) is 2. The third-order valence-electron chi connectivity index (χ3n) is 4.24. The van der Waals surface area contributed by atoms with E-state index in [1.807, 2.05) is 30.3 Å². The van der Waals surface area contributed by atoms with Crippen LogP contribution in [0.4, 0.5) is 4.79 Å². The molecule has 1 aliphatic rings. The van der Waals surface area contributed by atoms with Gasteiger partial charge < -0.3 is 20.1 Å². The number of carbonyl (C=O) groups is 3. The lowest BCUT2D eigenvalue weighted by atomic mass is 9.84. The molecule has 7 heteroatoms. The van der Waals surface area contributed by atoms with Crippen LogP contribution in [-0.2, 0) is 20.9 Å². The van der Waals surface area contributed by atoms with Gasteiger partial charge in [0.05, 0.1) is 12.0 Å². The van der Waals surface area contributed by atoms with Gasteiger partial charge in [0.15, 0.2) is 0 Å². The van der Waals surface area contributed by atoms with Crippen LogP contribution in [0.3, 0.4) is 0 Å². The molecule has 1 aliphatic heterocycles. The molecule has 0 unspecified atom stereocenters. The number of amides is 2. The number of hydrogen-bond acceptors (Lipinski definition) is 4. The largest absolute Gasteiger partial charge is 0.481 e. The topological polar surface area (TPSA) is 95.9 Å². The van der Waals surface area contributed by atoms with Gasteiger partial charge in [-0.05, 0) is 18.4 Å². The number of benzene rings is 1. The minimum atomic E-state index is -0.991. The van der Waals surface area contributed by atoms with Crippen molar-refractivity contribution in [3.63, 3.8) is 0 Å². The molecule has 1 aromatic rings. The normalized spacial score (nSPS) is 16.3. The van der Waals surface area contributed by atoms with Crippen molar-refractivity contribution in [3.8, 4) is 0 Å². The van der Waals surface area contributed by atoms with Crippen molar-refractivity contribution in [1.29, 1.82) is 0 Å². The summed E-state index contributed by atoms with van der Waals surface area (Å²) >= 11 is 0.